The lowest BCUT2D eigenvalue weighted by atomic mass is 9.71. The number of likely N-dealkylation sites (tertiary alicyclic amines) is 1. The molecule has 1 heterocycles. The number of amides is 1. The highest BCUT2D eigenvalue weighted by atomic mass is 16.6. The van der Waals surface area contributed by atoms with Crippen LogP contribution < -0.4 is 0 Å². The van der Waals surface area contributed by atoms with Gasteiger partial charge in [-0.15, -0.1) is 0 Å². The molecule has 1 saturated heterocycles. The minimum absolute atomic E-state index is 0.0312. The zero-order chi connectivity index (χ0) is 16.6. The minimum atomic E-state index is -0.915. The quantitative estimate of drug-likeness (QED) is 0.478. The Morgan fingerprint density at radius 2 is 1.83 bits per heavy atom. The molecule has 7 heteroatoms. The molecular formula is C16H11N3O4. The van der Waals surface area contributed by atoms with Gasteiger partial charge in [0.2, 0.25) is 5.91 Å². The highest BCUT2D eigenvalue weighted by Crippen LogP contribution is 2.42. The molecule has 1 aliphatic heterocycles. The van der Waals surface area contributed by atoms with Crippen molar-refractivity contribution in [3.8, 4) is 6.07 Å². The van der Waals surface area contributed by atoms with Crippen molar-refractivity contribution in [1.82, 2.24) is 4.90 Å². The molecule has 1 unspecified atom stereocenters. The standard InChI is InChI=1S/C16H11N3O4/c17-9-14-15(21)18(16(14)7-5-13(20)6-8-16)10-11-1-3-12(4-2-11)19(22)23/h1-8,14H,10H2. The lowest BCUT2D eigenvalue weighted by Crippen LogP contribution is -2.68. The molecule has 1 spiro atoms. The molecule has 1 atom stereocenters. The maximum Gasteiger partial charge on any atom is 0.269 e. The second kappa shape index (κ2) is 5.18. The number of carbonyl (C=O) groups is 2. The molecule has 0 aromatic heterocycles. The highest BCUT2D eigenvalue weighted by molar-refractivity contribution is 6.03. The van der Waals surface area contributed by atoms with Crippen molar-refractivity contribution >= 4 is 17.4 Å². The Labute approximate surface area is 131 Å². The molecule has 0 N–H and O–H groups in total. The van der Waals surface area contributed by atoms with Crippen LogP contribution in [0.4, 0.5) is 5.69 Å². The third kappa shape index (κ3) is 2.21. The van der Waals surface area contributed by atoms with E-state index in [0.29, 0.717) is 5.56 Å². The number of rotatable bonds is 3. The molecule has 0 saturated carbocycles. The van der Waals surface area contributed by atoms with Gasteiger partial charge in [0.1, 0.15) is 5.54 Å². The number of benzene rings is 1. The van der Waals surface area contributed by atoms with Gasteiger partial charge in [-0.25, -0.2) is 0 Å². The van der Waals surface area contributed by atoms with Crippen LogP contribution in [0.2, 0.25) is 0 Å². The Hall–Kier alpha value is -3.27. The van der Waals surface area contributed by atoms with E-state index in [1.807, 2.05) is 6.07 Å². The first-order chi connectivity index (χ1) is 11.0. The van der Waals surface area contributed by atoms with Crippen molar-refractivity contribution < 1.29 is 14.5 Å². The molecule has 7 nitrogen and oxygen atoms in total. The Morgan fingerprint density at radius 1 is 1.22 bits per heavy atom. The summed E-state index contributed by atoms with van der Waals surface area (Å²) in [6, 6.07) is 7.84. The molecule has 1 aromatic rings. The van der Waals surface area contributed by atoms with Crippen molar-refractivity contribution in [3.63, 3.8) is 0 Å². The Bertz CT molecular complexity index is 786. The van der Waals surface area contributed by atoms with Crippen LogP contribution >= 0.6 is 0 Å². The zero-order valence-corrected chi connectivity index (χ0v) is 11.9. The van der Waals surface area contributed by atoms with Crippen LogP contribution in [0.5, 0.6) is 0 Å². The van der Waals surface area contributed by atoms with E-state index in [1.165, 1.54) is 29.2 Å². The summed E-state index contributed by atoms with van der Waals surface area (Å²) >= 11 is 0. The molecule has 0 bridgehead atoms. The van der Waals surface area contributed by atoms with Gasteiger partial charge in [-0.3, -0.25) is 19.7 Å². The Morgan fingerprint density at radius 3 is 2.35 bits per heavy atom. The summed E-state index contributed by atoms with van der Waals surface area (Å²) in [6.45, 7) is 0.206. The van der Waals surface area contributed by atoms with E-state index in [1.54, 1.807) is 24.3 Å². The summed E-state index contributed by atoms with van der Waals surface area (Å²) in [4.78, 5) is 35.1. The number of non-ortho nitro benzene ring substituents is 1. The van der Waals surface area contributed by atoms with Crippen LogP contribution in [-0.2, 0) is 16.1 Å². The van der Waals surface area contributed by atoms with E-state index < -0.39 is 16.4 Å². The van der Waals surface area contributed by atoms with Crippen molar-refractivity contribution in [3.05, 3.63) is 64.2 Å². The van der Waals surface area contributed by atoms with Crippen molar-refractivity contribution in [2.24, 2.45) is 5.92 Å². The third-order valence-electron chi connectivity index (χ3n) is 4.09. The van der Waals surface area contributed by atoms with Gasteiger partial charge in [-0.2, -0.15) is 5.26 Å². The number of hydrogen-bond donors (Lipinski definition) is 0. The van der Waals surface area contributed by atoms with Gasteiger partial charge in [-0.1, -0.05) is 12.1 Å². The predicted molar refractivity (Wildman–Crippen MR) is 78.8 cm³/mol. The predicted octanol–water partition coefficient (Wildman–Crippen LogP) is 1.51. The van der Waals surface area contributed by atoms with Gasteiger partial charge < -0.3 is 4.90 Å². The molecule has 23 heavy (non-hydrogen) atoms. The van der Waals surface area contributed by atoms with Gasteiger partial charge in [0.15, 0.2) is 11.7 Å². The number of β-lactam (4-membered cyclic amide) rings is 1. The van der Waals surface area contributed by atoms with Gasteiger partial charge in [0.05, 0.1) is 11.0 Å². The molecule has 114 valence electrons. The largest absolute Gasteiger partial charge is 0.323 e. The lowest BCUT2D eigenvalue weighted by molar-refractivity contribution is -0.384. The first kappa shape index (κ1) is 14.7. The zero-order valence-electron chi connectivity index (χ0n) is 11.9. The SMILES string of the molecule is N#CC1C(=O)N(Cc2ccc([N+](=O)[O-])cc2)C12C=CC(=O)C=C2. The smallest absolute Gasteiger partial charge is 0.269 e. The molecule has 3 rings (SSSR count). The van der Waals surface area contributed by atoms with Crippen LogP contribution in [0.1, 0.15) is 5.56 Å². The van der Waals surface area contributed by atoms with Crippen LogP contribution in [0.3, 0.4) is 0 Å². The normalized spacial score (nSPS) is 21.2. The maximum atomic E-state index is 12.2. The second-order valence-corrected chi connectivity index (χ2v) is 5.37. The summed E-state index contributed by atoms with van der Waals surface area (Å²) in [7, 11) is 0. The summed E-state index contributed by atoms with van der Waals surface area (Å²) in [5.41, 5.74) is -0.239. The van der Waals surface area contributed by atoms with E-state index in [0.717, 1.165) is 0 Å². The number of nitro benzene ring substituents is 1. The van der Waals surface area contributed by atoms with E-state index in [4.69, 9.17) is 0 Å². The number of allylic oxidation sites excluding steroid dienone is 2. The third-order valence-corrected chi connectivity index (χ3v) is 4.09. The average Bonchev–Trinajstić information content (AvgIpc) is 2.55. The van der Waals surface area contributed by atoms with Crippen LogP contribution in [-0.4, -0.2) is 27.1 Å². The fraction of sp³-hybridized carbons (Fsp3) is 0.188. The monoisotopic (exact) mass is 309 g/mol. The fourth-order valence-electron chi connectivity index (χ4n) is 2.83. The van der Waals surface area contributed by atoms with E-state index in [2.05, 4.69) is 0 Å². The van der Waals surface area contributed by atoms with Crippen molar-refractivity contribution in [1.29, 1.82) is 5.26 Å². The van der Waals surface area contributed by atoms with E-state index in [-0.39, 0.29) is 23.9 Å². The van der Waals surface area contributed by atoms with Crippen LogP contribution in [0.25, 0.3) is 0 Å². The number of nitriles is 1. The van der Waals surface area contributed by atoms with E-state index >= 15 is 0 Å². The van der Waals surface area contributed by atoms with Gasteiger partial charge >= 0.3 is 0 Å². The first-order valence-corrected chi connectivity index (χ1v) is 6.85. The number of nitro groups is 1. The van der Waals surface area contributed by atoms with Crippen molar-refractivity contribution in [2.45, 2.75) is 12.1 Å². The van der Waals surface area contributed by atoms with Gasteiger partial charge in [0, 0.05) is 18.7 Å². The van der Waals surface area contributed by atoms with Crippen LogP contribution in [0, 0.1) is 27.4 Å². The Balaban J connectivity index is 1.87. The lowest BCUT2D eigenvalue weighted by Gasteiger charge is -2.52. The molecule has 1 fully saturated rings. The summed E-state index contributed by atoms with van der Waals surface area (Å²) in [5.74, 6) is -1.38. The van der Waals surface area contributed by atoms with Crippen LogP contribution in [0.15, 0.2) is 48.6 Å². The maximum absolute atomic E-state index is 12.2. The summed E-state index contributed by atoms with van der Waals surface area (Å²) < 4.78 is 0. The molecular weight excluding hydrogens is 298 g/mol. The number of carbonyl (C=O) groups excluding carboxylic acids is 2. The van der Waals surface area contributed by atoms with Gasteiger partial charge in [-0.05, 0) is 29.9 Å². The summed E-state index contributed by atoms with van der Waals surface area (Å²) in [5, 5.41) is 19.9. The summed E-state index contributed by atoms with van der Waals surface area (Å²) in [6.07, 6.45) is 5.82. The number of nitrogens with zero attached hydrogens (tertiary/aromatic N) is 3. The topological polar surface area (TPSA) is 104 Å². The first-order valence-electron chi connectivity index (χ1n) is 6.85. The second-order valence-electron chi connectivity index (χ2n) is 5.37. The highest BCUT2D eigenvalue weighted by Gasteiger charge is 2.58. The molecule has 1 amide bonds. The molecule has 1 aromatic carbocycles. The Kier molecular flexibility index (Phi) is 3.30. The number of ketones is 1. The van der Waals surface area contributed by atoms with Gasteiger partial charge in [0.25, 0.3) is 5.69 Å². The molecule has 0 radical (unpaired) electrons. The van der Waals surface area contributed by atoms with Crippen molar-refractivity contribution in [2.75, 3.05) is 0 Å². The fourth-order valence-corrected chi connectivity index (χ4v) is 2.83. The van der Waals surface area contributed by atoms with E-state index in [9.17, 15) is 25.0 Å². The minimum Gasteiger partial charge on any atom is -0.323 e. The molecule has 1 aliphatic carbocycles. The average molecular weight is 309 g/mol. The molecule has 2 aliphatic rings. The number of hydrogen-bond acceptors (Lipinski definition) is 5.